The summed E-state index contributed by atoms with van der Waals surface area (Å²) in [6.07, 6.45) is 0.910. The first-order valence-corrected chi connectivity index (χ1v) is 7.88. The van der Waals surface area contributed by atoms with Gasteiger partial charge in [-0.05, 0) is 41.0 Å². The summed E-state index contributed by atoms with van der Waals surface area (Å²) in [6, 6.07) is -0.0546. The highest BCUT2D eigenvalue weighted by Gasteiger charge is 2.38. The van der Waals surface area contributed by atoms with E-state index in [1.165, 1.54) is 6.42 Å². The predicted octanol–water partition coefficient (Wildman–Crippen LogP) is 2.81. The maximum atomic E-state index is 12.4. The van der Waals surface area contributed by atoms with Gasteiger partial charge in [-0.1, -0.05) is 0 Å². The smallest absolute Gasteiger partial charge is 0.411 e. The van der Waals surface area contributed by atoms with Crippen molar-refractivity contribution >= 4 is 11.9 Å². The average Bonchev–Trinajstić information content (AvgIpc) is 2.62. The van der Waals surface area contributed by atoms with E-state index in [0.29, 0.717) is 6.54 Å². The van der Waals surface area contributed by atoms with Crippen LogP contribution in [-0.4, -0.2) is 39.7 Å². The highest BCUT2D eigenvalue weighted by molar-refractivity contribution is 5.71. The predicted molar refractivity (Wildman–Crippen MR) is 83.8 cm³/mol. The molecule has 2 aliphatic heterocycles. The Balaban J connectivity index is 1.90. The fraction of sp³-hybridized carbons (Fsp3) is 0.688. The fourth-order valence-corrected chi connectivity index (χ4v) is 2.94. The monoisotopic (exact) mass is 304 g/mol. The van der Waals surface area contributed by atoms with Gasteiger partial charge in [0, 0.05) is 18.7 Å². The SMILES string of the molecule is Cc1nc2c(c(N3CCC3)n1)[C@@H](C)N(C(=O)OC(C)(C)C)C2. The molecule has 3 rings (SSSR count). The first-order chi connectivity index (χ1) is 10.3. The van der Waals surface area contributed by atoms with Crippen molar-refractivity contribution in [1.29, 1.82) is 0 Å². The van der Waals surface area contributed by atoms with Crippen LogP contribution in [0.3, 0.4) is 0 Å². The molecule has 1 fully saturated rings. The normalized spacial score (nSPS) is 20.7. The first kappa shape index (κ1) is 15.1. The van der Waals surface area contributed by atoms with E-state index >= 15 is 0 Å². The lowest BCUT2D eigenvalue weighted by Gasteiger charge is -2.34. The van der Waals surface area contributed by atoms with Gasteiger partial charge in [-0.3, -0.25) is 4.90 Å². The van der Waals surface area contributed by atoms with Crippen molar-refractivity contribution in [3.63, 3.8) is 0 Å². The lowest BCUT2D eigenvalue weighted by atomic mass is 10.1. The summed E-state index contributed by atoms with van der Waals surface area (Å²) in [7, 11) is 0. The van der Waals surface area contributed by atoms with E-state index in [4.69, 9.17) is 4.74 Å². The molecule has 0 aliphatic carbocycles. The van der Waals surface area contributed by atoms with E-state index < -0.39 is 5.60 Å². The Bertz CT molecular complexity index is 605. The van der Waals surface area contributed by atoms with Crippen molar-refractivity contribution in [2.24, 2.45) is 0 Å². The third-order valence-corrected chi connectivity index (χ3v) is 4.11. The summed E-state index contributed by atoms with van der Waals surface area (Å²) in [4.78, 5) is 25.6. The van der Waals surface area contributed by atoms with Crippen LogP contribution in [0.1, 0.15) is 57.2 Å². The van der Waals surface area contributed by atoms with Gasteiger partial charge < -0.3 is 9.64 Å². The molecule has 22 heavy (non-hydrogen) atoms. The van der Waals surface area contributed by atoms with E-state index in [0.717, 1.165) is 36.0 Å². The number of aromatic nitrogens is 2. The number of hydrogen-bond acceptors (Lipinski definition) is 5. The van der Waals surface area contributed by atoms with Gasteiger partial charge in [0.05, 0.1) is 18.3 Å². The van der Waals surface area contributed by atoms with Crippen molar-refractivity contribution in [3.8, 4) is 0 Å². The van der Waals surface area contributed by atoms with Crippen molar-refractivity contribution in [2.75, 3.05) is 18.0 Å². The van der Waals surface area contributed by atoms with Crippen LogP contribution in [0.5, 0.6) is 0 Å². The number of amides is 1. The maximum Gasteiger partial charge on any atom is 0.411 e. The molecule has 0 spiro atoms. The minimum absolute atomic E-state index is 0.0546. The number of rotatable bonds is 1. The Morgan fingerprint density at radius 1 is 1.27 bits per heavy atom. The summed E-state index contributed by atoms with van der Waals surface area (Å²) in [5.41, 5.74) is 1.54. The molecule has 6 nitrogen and oxygen atoms in total. The van der Waals surface area contributed by atoms with Crippen LogP contribution in [-0.2, 0) is 11.3 Å². The zero-order valence-electron chi connectivity index (χ0n) is 14.0. The summed E-state index contributed by atoms with van der Waals surface area (Å²) in [5, 5.41) is 0. The van der Waals surface area contributed by atoms with Crippen LogP contribution in [0.4, 0.5) is 10.6 Å². The molecule has 1 saturated heterocycles. The first-order valence-electron chi connectivity index (χ1n) is 7.88. The molecule has 1 aromatic rings. The Morgan fingerprint density at radius 2 is 1.95 bits per heavy atom. The number of carbonyl (C=O) groups excluding carboxylic acids is 1. The number of aryl methyl sites for hydroxylation is 1. The minimum Gasteiger partial charge on any atom is -0.444 e. The van der Waals surface area contributed by atoms with Crippen molar-refractivity contribution < 1.29 is 9.53 Å². The Labute approximate surface area is 131 Å². The van der Waals surface area contributed by atoms with Gasteiger partial charge in [0.15, 0.2) is 0 Å². The highest BCUT2D eigenvalue weighted by atomic mass is 16.6. The Kier molecular flexibility index (Phi) is 3.50. The molecule has 0 saturated carbocycles. The third kappa shape index (κ3) is 2.62. The van der Waals surface area contributed by atoms with E-state index in [-0.39, 0.29) is 12.1 Å². The molecule has 0 aromatic carbocycles. The molecule has 2 aliphatic rings. The number of carbonyl (C=O) groups is 1. The van der Waals surface area contributed by atoms with Crippen molar-refractivity contribution in [3.05, 3.63) is 17.1 Å². The van der Waals surface area contributed by atoms with E-state index in [1.54, 1.807) is 4.90 Å². The lowest BCUT2D eigenvalue weighted by Crippen LogP contribution is -2.39. The van der Waals surface area contributed by atoms with Crippen LogP contribution in [0.25, 0.3) is 0 Å². The highest BCUT2D eigenvalue weighted by Crippen LogP contribution is 2.39. The molecular weight excluding hydrogens is 280 g/mol. The Hall–Kier alpha value is -1.85. The zero-order valence-corrected chi connectivity index (χ0v) is 14.0. The van der Waals surface area contributed by atoms with Crippen molar-refractivity contribution in [1.82, 2.24) is 14.9 Å². The van der Waals surface area contributed by atoms with Gasteiger partial charge in [0.25, 0.3) is 0 Å². The molecule has 120 valence electrons. The second-order valence-electron chi connectivity index (χ2n) is 7.08. The number of anilines is 1. The van der Waals surface area contributed by atoms with Gasteiger partial charge >= 0.3 is 6.09 Å². The maximum absolute atomic E-state index is 12.4. The summed E-state index contributed by atoms with van der Waals surface area (Å²) >= 11 is 0. The van der Waals surface area contributed by atoms with Gasteiger partial charge in [-0.2, -0.15) is 0 Å². The van der Waals surface area contributed by atoms with Crippen LogP contribution in [0, 0.1) is 6.92 Å². The number of nitrogens with zero attached hydrogens (tertiary/aromatic N) is 4. The van der Waals surface area contributed by atoms with E-state index in [1.807, 2.05) is 34.6 Å². The van der Waals surface area contributed by atoms with Gasteiger partial charge in [-0.25, -0.2) is 14.8 Å². The lowest BCUT2D eigenvalue weighted by molar-refractivity contribution is 0.0186. The van der Waals surface area contributed by atoms with Gasteiger partial charge in [0.1, 0.15) is 17.2 Å². The number of hydrogen-bond donors (Lipinski definition) is 0. The van der Waals surface area contributed by atoms with Gasteiger partial charge in [0.2, 0.25) is 0 Å². The van der Waals surface area contributed by atoms with Crippen LogP contribution >= 0.6 is 0 Å². The third-order valence-electron chi connectivity index (χ3n) is 4.11. The molecule has 1 atom stereocenters. The average molecular weight is 304 g/mol. The van der Waals surface area contributed by atoms with Gasteiger partial charge in [-0.15, -0.1) is 0 Å². The van der Waals surface area contributed by atoms with Crippen molar-refractivity contribution in [2.45, 2.75) is 59.2 Å². The molecule has 0 bridgehead atoms. The van der Waals surface area contributed by atoms with Crippen LogP contribution < -0.4 is 4.90 Å². The Morgan fingerprint density at radius 3 is 2.50 bits per heavy atom. The molecule has 1 amide bonds. The number of ether oxygens (including phenoxy) is 1. The topological polar surface area (TPSA) is 58.6 Å². The summed E-state index contributed by atoms with van der Waals surface area (Å²) < 4.78 is 5.52. The second-order valence-corrected chi connectivity index (χ2v) is 7.08. The fourth-order valence-electron chi connectivity index (χ4n) is 2.94. The standard InChI is InChI=1S/C16H24N4O2/c1-10-13-12(9-20(10)15(21)22-16(3,4)5)17-11(2)18-14(13)19-7-6-8-19/h10H,6-9H2,1-5H3/t10-/m1/s1. The molecule has 0 unspecified atom stereocenters. The molecular formula is C16H24N4O2. The minimum atomic E-state index is -0.493. The summed E-state index contributed by atoms with van der Waals surface area (Å²) in [5.74, 6) is 1.76. The largest absolute Gasteiger partial charge is 0.444 e. The van der Waals surface area contributed by atoms with Crippen LogP contribution in [0.2, 0.25) is 0 Å². The summed E-state index contributed by atoms with van der Waals surface area (Å²) in [6.45, 7) is 12.1. The van der Waals surface area contributed by atoms with Crippen LogP contribution in [0.15, 0.2) is 0 Å². The zero-order chi connectivity index (χ0) is 16.1. The molecule has 6 heteroatoms. The molecule has 0 radical (unpaired) electrons. The molecule has 3 heterocycles. The second kappa shape index (κ2) is 5.11. The van der Waals surface area contributed by atoms with E-state index in [2.05, 4.69) is 14.9 Å². The quantitative estimate of drug-likeness (QED) is 0.798. The number of fused-ring (bicyclic) bond motifs is 1. The molecule has 0 N–H and O–H groups in total. The molecule has 1 aromatic heterocycles. The van der Waals surface area contributed by atoms with E-state index in [9.17, 15) is 4.79 Å².